The molecule has 2 aromatic carbocycles. The van der Waals surface area contributed by atoms with Gasteiger partial charge in [-0.15, -0.1) is 0 Å². The molecule has 52 heavy (non-hydrogen) atoms. The number of nitrogens with two attached hydrogens (primary N) is 1. The molecule has 17 heteroatoms. The van der Waals surface area contributed by atoms with E-state index in [1.165, 1.54) is 0 Å². The Morgan fingerprint density at radius 3 is 1.77 bits per heavy atom. The Bertz CT molecular complexity index is 1480. The number of carboxylic acid groups (broad SMARTS) is 3. The van der Waals surface area contributed by atoms with Crippen molar-refractivity contribution < 1.29 is 48.8 Å². The first-order chi connectivity index (χ1) is 24.9. The van der Waals surface area contributed by atoms with Crippen LogP contribution in [0.3, 0.4) is 0 Å². The highest BCUT2D eigenvalue weighted by Crippen LogP contribution is 2.44. The molecule has 0 heterocycles. The lowest BCUT2D eigenvalue weighted by Gasteiger charge is -2.26. The lowest BCUT2D eigenvalue weighted by atomic mass is 9.98. The molecule has 3 amide bonds. The standard InChI is InChI=1S/C35H49N7O10/c36-34(50)29(40-35(51)52-23-28-26-9-3-1-7-24(26)25-8-2-4-10-27(25)28)11-5-6-12-39-30(43)21-41(15-13-37-19-31(44)45)17-18-42(22-33(48)49)16-14-38-20-32(46)47/h1-4,7-10,28-29,37-38H,5-6,11-23H2,(H2,36,50)(H,39,43)(H,40,51)(H,44,45)(H,46,47)(H,48,49)/t29-/m0/s1. The molecule has 0 spiro atoms. The molecule has 17 nitrogen and oxygen atoms in total. The molecule has 9 N–H and O–H groups in total. The number of unbranched alkanes of at least 4 members (excludes halogenated alkanes) is 1. The molecule has 0 radical (unpaired) electrons. The van der Waals surface area contributed by atoms with Crippen molar-refractivity contribution in [2.45, 2.75) is 31.2 Å². The number of nitrogens with one attached hydrogen (secondary N) is 4. The van der Waals surface area contributed by atoms with E-state index >= 15 is 0 Å². The summed E-state index contributed by atoms with van der Waals surface area (Å²) in [6, 6.07) is 14.9. The molecule has 0 unspecified atom stereocenters. The molecule has 0 fully saturated rings. The number of ether oxygens (including phenoxy) is 1. The fourth-order valence-corrected chi connectivity index (χ4v) is 5.91. The summed E-state index contributed by atoms with van der Waals surface area (Å²) in [7, 11) is 0. The van der Waals surface area contributed by atoms with Crippen molar-refractivity contribution in [1.29, 1.82) is 0 Å². The minimum atomic E-state index is -1.06. The summed E-state index contributed by atoms with van der Waals surface area (Å²) in [4.78, 5) is 73.9. The molecular formula is C35H49N7O10. The van der Waals surface area contributed by atoms with Gasteiger partial charge in [0.05, 0.1) is 26.2 Å². The lowest BCUT2D eigenvalue weighted by Crippen LogP contribution is -2.46. The number of carboxylic acids is 3. The van der Waals surface area contributed by atoms with Gasteiger partial charge in [0.25, 0.3) is 0 Å². The maximum Gasteiger partial charge on any atom is 0.407 e. The van der Waals surface area contributed by atoms with Crippen LogP contribution < -0.4 is 27.0 Å². The number of aliphatic carboxylic acids is 3. The van der Waals surface area contributed by atoms with Crippen molar-refractivity contribution in [1.82, 2.24) is 31.1 Å². The Labute approximate surface area is 301 Å². The quantitative estimate of drug-likeness (QED) is 0.0580. The van der Waals surface area contributed by atoms with E-state index in [0.29, 0.717) is 19.4 Å². The summed E-state index contributed by atoms with van der Waals surface area (Å²) in [6.07, 6.45) is 0.422. The van der Waals surface area contributed by atoms with Gasteiger partial charge >= 0.3 is 24.0 Å². The predicted molar refractivity (Wildman–Crippen MR) is 190 cm³/mol. The number of nitrogens with zero attached hydrogens (tertiary/aromatic N) is 2. The number of fused-ring (bicyclic) bond motifs is 3. The highest BCUT2D eigenvalue weighted by atomic mass is 16.5. The van der Waals surface area contributed by atoms with Crippen LogP contribution in [0.25, 0.3) is 11.1 Å². The van der Waals surface area contributed by atoms with E-state index in [1.807, 2.05) is 48.5 Å². The van der Waals surface area contributed by atoms with Crippen molar-refractivity contribution in [2.75, 3.05) is 78.6 Å². The van der Waals surface area contributed by atoms with Gasteiger partial charge in [-0.05, 0) is 41.5 Å². The fraction of sp³-hybridized carbons (Fsp3) is 0.486. The second-order valence-electron chi connectivity index (χ2n) is 12.4. The van der Waals surface area contributed by atoms with E-state index in [9.17, 15) is 33.9 Å². The molecule has 0 bridgehead atoms. The monoisotopic (exact) mass is 727 g/mol. The van der Waals surface area contributed by atoms with Crippen LogP contribution in [0.1, 0.15) is 36.3 Å². The number of amides is 3. The molecule has 1 aliphatic carbocycles. The van der Waals surface area contributed by atoms with Crippen molar-refractivity contribution in [3.63, 3.8) is 0 Å². The third kappa shape index (κ3) is 14.6. The second-order valence-corrected chi connectivity index (χ2v) is 12.4. The lowest BCUT2D eigenvalue weighted by molar-refractivity contribution is -0.139. The summed E-state index contributed by atoms with van der Waals surface area (Å²) < 4.78 is 5.54. The molecule has 0 aliphatic heterocycles. The van der Waals surface area contributed by atoms with Gasteiger partial charge in [-0.25, -0.2) is 4.79 Å². The number of carbonyl (C=O) groups excluding carboxylic acids is 3. The molecule has 1 aliphatic rings. The number of rotatable bonds is 26. The summed E-state index contributed by atoms with van der Waals surface area (Å²) in [6.45, 7) is 1.15. The van der Waals surface area contributed by atoms with E-state index < -0.39 is 36.0 Å². The molecule has 1 atom stereocenters. The zero-order valence-corrected chi connectivity index (χ0v) is 29.1. The topological polar surface area (TPSA) is 253 Å². The first kappa shape index (κ1) is 41.3. The van der Waals surface area contributed by atoms with E-state index in [2.05, 4.69) is 21.3 Å². The Morgan fingerprint density at radius 1 is 0.712 bits per heavy atom. The van der Waals surface area contributed by atoms with Gasteiger partial charge in [0.15, 0.2) is 0 Å². The van der Waals surface area contributed by atoms with E-state index in [1.54, 1.807) is 9.80 Å². The highest BCUT2D eigenvalue weighted by Gasteiger charge is 2.29. The van der Waals surface area contributed by atoms with Crippen LogP contribution in [0, 0.1) is 0 Å². The fourth-order valence-electron chi connectivity index (χ4n) is 5.91. The summed E-state index contributed by atoms with van der Waals surface area (Å²) in [5.41, 5.74) is 9.86. The first-order valence-corrected chi connectivity index (χ1v) is 17.1. The molecule has 284 valence electrons. The number of alkyl carbamates (subject to hydrolysis) is 1. The summed E-state index contributed by atoms with van der Waals surface area (Å²) in [5.74, 6) is -4.28. The Morgan fingerprint density at radius 2 is 1.25 bits per heavy atom. The number of hydrogen-bond donors (Lipinski definition) is 8. The van der Waals surface area contributed by atoms with Gasteiger partial charge in [-0.2, -0.15) is 0 Å². The summed E-state index contributed by atoms with van der Waals surface area (Å²) in [5, 5.41) is 37.8. The smallest absolute Gasteiger partial charge is 0.407 e. The van der Waals surface area contributed by atoms with Crippen molar-refractivity contribution in [3.8, 4) is 11.1 Å². The van der Waals surface area contributed by atoms with Crippen LogP contribution in [-0.4, -0.2) is 146 Å². The predicted octanol–water partition coefficient (Wildman–Crippen LogP) is -0.297. The van der Waals surface area contributed by atoms with Gasteiger partial charge < -0.3 is 47.1 Å². The summed E-state index contributed by atoms with van der Waals surface area (Å²) >= 11 is 0. The zero-order valence-electron chi connectivity index (χ0n) is 29.1. The Kier molecular flexibility index (Phi) is 17.5. The minimum Gasteiger partial charge on any atom is -0.480 e. The van der Waals surface area contributed by atoms with Gasteiger partial charge in [-0.1, -0.05) is 48.5 Å². The maximum absolute atomic E-state index is 12.8. The minimum absolute atomic E-state index is 0.0415. The van der Waals surface area contributed by atoms with E-state index in [4.69, 9.17) is 20.7 Å². The van der Waals surface area contributed by atoms with Crippen LogP contribution in [0.4, 0.5) is 4.79 Å². The van der Waals surface area contributed by atoms with Crippen LogP contribution in [0.15, 0.2) is 48.5 Å². The number of primary amides is 1. The van der Waals surface area contributed by atoms with Gasteiger partial charge in [0.2, 0.25) is 11.8 Å². The Balaban J connectivity index is 1.42. The SMILES string of the molecule is NC(=O)[C@H](CCCCNC(=O)CN(CCNCC(=O)O)CCN(CCNCC(=O)O)CC(=O)O)NC(=O)OCC1c2ccccc2-c2ccccc21. The largest absolute Gasteiger partial charge is 0.480 e. The molecule has 0 aromatic heterocycles. The van der Waals surface area contributed by atoms with E-state index in [-0.39, 0.29) is 90.3 Å². The van der Waals surface area contributed by atoms with Crippen LogP contribution in [-0.2, 0) is 28.7 Å². The third-order valence-electron chi connectivity index (χ3n) is 8.44. The number of benzene rings is 2. The number of carbonyl (C=O) groups is 6. The van der Waals surface area contributed by atoms with Crippen molar-refractivity contribution in [3.05, 3.63) is 59.7 Å². The highest BCUT2D eigenvalue weighted by molar-refractivity contribution is 5.84. The van der Waals surface area contributed by atoms with Gasteiger partial charge in [0, 0.05) is 51.7 Å². The first-order valence-electron chi connectivity index (χ1n) is 17.1. The zero-order chi connectivity index (χ0) is 37.9. The van der Waals surface area contributed by atoms with Crippen molar-refractivity contribution in [2.24, 2.45) is 5.73 Å². The normalized spacial score (nSPS) is 12.6. The molecule has 3 rings (SSSR count). The number of hydrogen-bond acceptors (Lipinski definition) is 11. The van der Waals surface area contributed by atoms with E-state index in [0.717, 1.165) is 22.3 Å². The second kappa shape index (κ2) is 22.0. The average Bonchev–Trinajstić information content (AvgIpc) is 3.41. The molecular weight excluding hydrogens is 678 g/mol. The van der Waals surface area contributed by atoms with Crippen LogP contribution in [0.2, 0.25) is 0 Å². The Hall–Kier alpha value is -5.10. The van der Waals surface area contributed by atoms with Gasteiger partial charge in [-0.3, -0.25) is 33.8 Å². The van der Waals surface area contributed by atoms with Crippen molar-refractivity contribution >= 4 is 35.8 Å². The molecule has 0 saturated heterocycles. The molecule has 2 aromatic rings. The van der Waals surface area contributed by atoms with Gasteiger partial charge in [0.1, 0.15) is 12.6 Å². The van der Waals surface area contributed by atoms with Crippen LogP contribution in [0.5, 0.6) is 0 Å². The maximum atomic E-state index is 12.8. The third-order valence-corrected chi connectivity index (χ3v) is 8.44. The van der Waals surface area contributed by atoms with Crippen LogP contribution >= 0.6 is 0 Å². The molecule has 0 saturated carbocycles. The average molecular weight is 728 g/mol.